The summed E-state index contributed by atoms with van der Waals surface area (Å²) in [5, 5.41) is 5.13. The fourth-order valence-corrected chi connectivity index (χ4v) is 4.13. The zero-order valence-electron chi connectivity index (χ0n) is 17.2. The number of hydrogen-bond acceptors (Lipinski definition) is 5. The van der Waals surface area contributed by atoms with Crippen LogP contribution in [0, 0.1) is 6.92 Å². The van der Waals surface area contributed by atoms with E-state index >= 15 is 0 Å². The summed E-state index contributed by atoms with van der Waals surface area (Å²) in [7, 11) is 0. The topological polar surface area (TPSA) is 56.3 Å². The van der Waals surface area contributed by atoms with E-state index in [1.807, 2.05) is 13.0 Å². The molecule has 0 saturated carbocycles. The number of morpholine rings is 1. The second kappa shape index (κ2) is 7.19. The van der Waals surface area contributed by atoms with Crippen LogP contribution >= 0.6 is 0 Å². The SMILES string of the molecule is CCC(C)n1c(-c2ccc3onc(C)c3c2)nc2ccc(N3CCOCC3)cc21. The van der Waals surface area contributed by atoms with E-state index in [2.05, 4.69) is 58.8 Å². The predicted octanol–water partition coefficient (Wildman–Crippen LogP) is 4.96. The molecular weight excluding hydrogens is 364 g/mol. The molecule has 4 aromatic rings. The van der Waals surface area contributed by atoms with Crippen LogP contribution in [-0.2, 0) is 4.74 Å². The monoisotopic (exact) mass is 390 g/mol. The maximum Gasteiger partial charge on any atom is 0.167 e. The Bertz CT molecular complexity index is 1170. The number of aryl methyl sites for hydroxylation is 1. The van der Waals surface area contributed by atoms with Gasteiger partial charge < -0.3 is 18.7 Å². The number of benzene rings is 2. The van der Waals surface area contributed by atoms with Gasteiger partial charge in [0.1, 0.15) is 5.82 Å². The average Bonchev–Trinajstić information content (AvgIpc) is 3.33. The summed E-state index contributed by atoms with van der Waals surface area (Å²) in [5.74, 6) is 0.996. The Balaban J connectivity index is 1.68. The molecule has 2 aromatic carbocycles. The van der Waals surface area contributed by atoms with E-state index in [1.54, 1.807) is 0 Å². The number of aromatic nitrogens is 3. The van der Waals surface area contributed by atoms with Gasteiger partial charge in [-0.05, 0) is 56.7 Å². The normalized spacial score (nSPS) is 16.0. The molecule has 1 unspecified atom stereocenters. The smallest absolute Gasteiger partial charge is 0.167 e. The molecule has 1 atom stereocenters. The molecule has 0 amide bonds. The molecule has 0 N–H and O–H groups in total. The molecule has 0 radical (unpaired) electrons. The van der Waals surface area contributed by atoms with Gasteiger partial charge in [-0.1, -0.05) is 12.1 Å². The van der Waals surface area contributed by atoms with E-state index in [0.717, 1.165) is 66.3 Å². The van der Waals surface area contributed by atoms with Crippen molar-refractivity contribution in [3.63, 3.8) is 0 Å². The van der Waals surface area contributed by atoms with Crippen LogP contribution in [0.15, 0.2) is 40.9 Å². The fourth-order valence-electron chi connectivity index (χ4n) is 4.13. The van der Waals surface area contributed by atoms with Gasteiger partial charge in [0.25, 0.3) is 0 Å². The number of imidazole rings is 1. The van der Waals surface area contributed by atoms with Crippen LogP contribution in [0.25, 0.3) is 33.4 Å². The van der Waals surface area contributed by atoms with Crippen molar-refractivity contribution in [1.29, 1.82) is 0 Å². The van der Waals surface area contributed by atoms with E-state index in [-0.39, 0.29) is 0 Å². The first kappa shape index (κ1) is 18.2. The van der Waals surface area contributed by atoms with Gasteiger partial charge >= 0.3 is 0 Å². The lowest BCUT2D eigenvalue weighted by Gasteiger charge is -2.29. The molecule has 1 saturated heterocycles. The third kappa shape index (κ3) is 3.08. The van der Waals surface area contributed by atoms with E-state index in [9.17, 15) is 0 Å². The van der Waals surface area contributed by atoms with Crippen LogP contribution in [0.3, 0.4) is 0 Å². The Kier molecular flexibility index (Phi) is 4.51. The van der Waals surface area contributed by atoms with Crippen LogP contribution in [0.1, 0.15) is 32.0 Å². The van der Waals surface area contributed by atoms with Crippen LogP contribution in [-0.4, -0.2) is 41.0 Å². The van der Waals surface area contributed by atoms with Gasteiger partial charge in [0, 0.05) is 35.8 Å². The van der Waals surface area contributed by atoms with Crippen LogP contribution in [0.5, 0.6) is 0 Å². The van der Waals surface area contributed by atoms with Gasteiger partial charge in [-0.25, -0.2) is 4.98 Å². The summed E-state index contributed by atoms with van der Waals surface area (Å²) in [6, 6.07) is 13.2. The first-order chi connectivity index (χ1) is 14.2. The number of rotatable bonds is 4. The van der Waals surface area contributed by atoms with Crippen LogP contribution in [0.4, 0.5) is 5.69 Å². The van der Waals surface area contributed by atoms with E-state index in [0.29, 0.717) is 6.04 Å². The van der Waals surface area contributed by atoms with E-state index in [4.69, 9.17) is 14.2 Å². The second-order valence-corrected chi connectivity index (χ2v) is 7.81. The number of hydrogen-bond donors (Lipinski definition) is 0. The van der Waals surface area contributed by atoms with E-state index < -0.39 is 0 Å². The lowest BCUT2D eigenvalue weighted by Crippen LogP contribution is -2.36. The second-order valence-electron chi connectivity index (χ2n) is 7.81. The van der Waals surface area contributed by atoms with Gasteiger partial charge in [0.05, 0.1) is 29.9 Å². The standard InChI is InChI=1S/C23H26N4O2/c1-4-15(2)27-21-14-18(26-9-11-28-12-10-26)6-7-20(21)24-23(27)17-5-8-22-19(13-17)16(3)25-29-22/h5-8,13-15H,4,9-12H2,1-3H3. The van der Waals surface area contributed by atoms with Crippen molar-refractivity contribution in [3.8, 4) is 11.4 Å². The molecule has 0 spiro atoms. The van der Waals surface area contributed by atoms with E-state index in [1.165, 1.54) is 11.2 Å². The molecule has 29 heavy (non-hydrogen) atoms. The van der Waals surface area contributed by atoms with Crippen molar-refractivity contribution in [2.24, 2.45) is 0 Å². The first-order valence-electron chi connectivity index (χ1n) is 10.4. The van der Waals surface area contributed by atoms with Crippen molar-refractivity contribution in [3.05, 3.63) is 42.1 Å². The third-order valence-electron chi connectivity index (χ3n) is 5.99. The largest absolute Gasteiger partial charge is 0.378 e. The summed E-state index contributed by atoms with van der Waals surface area (Å²) in [6.07, 6.45) is 1.04. The molecule has 6 heteroatoms. The minimum absolute atomic E-state index is 0.342. The summed E-state index contributed by atoms with van der Waals surface area (Å²) in [6.45, 7) is 9.88. The molecule has 0 bridgehead atoms. The highest BCUT2D eigenvalue weighted by Crippen LogP contribution is 2.34. The molecule has 1 aliphatic heterocycles. The summed E-state index contributed by atoms with van der Waals surface area (Å²) in [5.41, 5.74) is 6.25. The Morgan fingerprint density at radius 3 is 2.72 bits per heavy atom. The third-order valence-corrected chi connectivity index (χ3v) is 5.99. The first-order valence-corrected chi connectivity index (χ1v) is 10.4. The molecule has 3 heterocycles. The van der Waals surface area contributed by atoms with Crippen molar-refractivity contribution in [1.82, 2.24) is 14.7 Å². The van der Waals surface area contributed by atoms with Crippen molar-refractivity contribution in [2.75, 3.05) is 31.2 Å². The van der Waals surface area contributed by atoms with Gasteiger partial charge in [-0.3, -0.25) is 0 Å². The van der Waals surface area contributed by atoms with Crippen molar-refractivity contribution >= 4 is 27.7 Å². The Morgan fingerprint density at radius 1 is 1.10 bits per heavy atom. The molecule has 2 aromatic heterocycles. The fraction of sp³-hybridized carbons (Fsp3) is 0.391. The Labute approximate surface area is 170 Å². The molecule has 5 rings (SSSR count). The average molecular weight is 390 g/mol. The zero-order chi connectivity index (χ0) is 20.0. The number of nitrogens with zero attached hydrogens (tertiary/aromatic N) is 4. The Morgan fingerprint density at radius 2 is 1.93 bits per heavy atom. The maximum atomic E-state index is 5.52. The lowest BCUT2D eigenvalue weighted by atomic mass is 10.1. The molecule has 1 aliphatic rings. The van der Waals surface area contributed by atoms with Crippen molar-refractivity contribution < 1.29 is 9.26 Å². The molecule has 1 fully saturated rings. The summed E-state index contributed by atoms with van der Waals surface area (Å²) in [4.78, 5) is 7.42. The van der Waals surface area contributed by atoms with Crippen molar-refractivity contribution in [2.45, 2.75) is 33.2 Å². The highest BCUT2D eigenvalue weighted by atomic mass is 16.5. The lowest BCUT2D eigenvalue weighted by molar-refractivity contribution is 0.122. The van der Waals surface area contributed by atoms with Gasteiger partial charge in [0.2, 0.25) is 0 Å². The predicted molar refractivity (Wildman–Crippen MR) is 116 cm³/mol. The maximum absolute atomic E-state index is 5.52. The quantitative estimate of drug-likeness (QED) is 0.493. The number of ether oxygens (including phenoxy) is 1. The van der Waals surface area contributed by atoms with Crippen LogP contribution in [0.2, 0.25) is 0 Å². The highest BCUT2D eigenvalue weighted by molar-refractivity contribution is 5.88. The van der Waals surface area contributed by atoms with Gasteiger partial charge in [0.15, 0.2) is 5.58 Å². The number of anilines is 1. The number of fused-ring (bicyclic) bond motifs is 2. The highest BCUT2D eigenvalue weighted by Gasteiger charge is 2.19. The Hall–Kier alpha value is -2.86. The minimum atomic E-state index is 0.342. The molecule has 0 aliphatic carbocycles. The van der Waals surface area contributed by atoms with Gasteiger partial charge in [-0.15, -0.1) is 0 Å². The summed E-state index contributed by atoms with van der Waals surface area (Å²) >= 11 is 0. The van der Waals surface area contributed by atoms with Crippen LogP contribution < -0.4 is 4.90 Å². The zero-order valence-corrected chi connectivity index (χ0v) is 17.2. The van der Waals surface area contributed by atoms with Gasteiger partial charge in [-0.2, -0.15) is 0 Å². The molecule has 150 valence electrons. The molecule has 6 nitrogen and oxygen atoms in total. The minimum Gasteiger partial charge on any atom is -0.378 e. The molecular formula is C23H26N4O2. The summed E-state index contributed by atoms with van der Waals surface area (Å²) < 4.78 is 13.3.